The van der Waals surface area contributed by atoms with Crippen molar-refractivity contribution in [3.05, 3.63) is 119 Å². The first-order valence-corrected chi connectivity index (χ1v) is 17.1. The number of hydrogen-bond donors (Lipinski definition) is 4. The van der Waals surface area contributed by atoms with Gasteiger partial charge in [0.2, 0.25) is 11.8 Å². The fourth-order valence-corrected chi connectivity index (χ4v) is 5.61. The predicted molar refractivity (Wildman–Crippen MR) is 192 cm³/mol. The third-order valence-corrected chi connectivity index (χ3v) is 9.11. The predicted octanol–water partition coefficient (Wildman–Crippen LogP) is 6.17. The van der Waals surface area contributed by atoms with E-state index in [1.54, 1.807) is 58.2 Å². The molecule has 8 rings (SSSR count). The second-order valence-electron chi connectivity index (χ2n) is 13.1. The van der Waals surface area contributed by atoms with Gasteiger partial charge in [-0.3, -0.25) is 19.8 Å². The van der Waals surface area contributed by atoms with Crippen molar-refractivity contribution in [3.8, 4) is 23.5 Å². The molecule has 52 heavy (non-hydrogen) atoms. The molecule has 4 aromatic heterocycles. The van der Waals surface area contributed by atoms with Crippen LogP contribution in [0.25, 0.3) is 11.4 Å². The first kappa shape index (κ1) is 33.7. The standard InChI is InChI=1S/2C19H18N6O/c2*1-12(19(26)21-18-10-17(22-23-18)14-5-6-14)16-7-8-25(24-16)15-4-2-3-13(9-15)11-20/h2*2-4,7-10,12,14H,5-6H2,1H3,(H2,21,22,23,26)/t2*12-/m10/s1. The molecule has 2 aromatic carbocycles. The number of H-pyrrole nitrogens is 2. The van der Waals surface area contributed by atoms with Crippen molar-refractivity contribution in [2.75, 3.05) is 10.6 Å². The van der Waals surface area contributed by atoms with E-state index in [0.717, 1.165) is 22.8 Å². The summed E-state index contributed by atoms with van der Waals surface area (Å²) in [6.07, 6.45) is 8.28. The molecule has 0 saturated heterocycles. The van der Waals surface area contributed by atoms with Crippen LogP contribution in [0.2, 0.25) is 0 Å². The quantitative estimate of drug-likeness (QED) is 0.131. The van der Waals surface area contributed by atoms with E-state index in [-0.39, 0.29) is 11.8 Å². The Balaban J connectivity index is 0.000000162. The first-order valence-electron chi connectivity index (χ1n) is 17.1. The van der Waals surface area contributed by atoms with Gasteiger partial charge in [-0.15, -0.1) is 0 Å². The molecule has 0 spiro atoms. The van der Waals surface area contributed by atoms with Crippen LogP contribution in [0.4, 0.5) is 11.6 Å². The summed E-state index contributed by atoms with van der Waals surface area (Å²) in [4.78, 5) is 25.0. The van der Waals surface area contributed by atoms with E-state index >= 15 is 0 Å². The lowest BCUT2D eigenvalue weighted by molar-refractivity contribution is -0.118. The molecule has 14 heteroatoms. The molecule has 0 aliphatic heterocycles. The van der Waals surface area contributed by atoms with Crippen molar-refractivity contribution in [2.24, 2.45) is 0 Å². The molecular weight excluding hydrogens is 656 g/mol. The van der Waals surface area contributed by atoms with Gasteiger partial charge in [0.15, 0.2) is 11.6 Å². The molecule has 0 unspecified atom stereocenters. The number of anilines is 2. The second-order valence-corrected chi connectivity index (χ2v) is 13.1. The van der Waals surface area contributed by atoms with Crippen LogP contribution in [-0.4, -0.2) is 51.8 Å². The number of rotatable bonds is 10. The molecule has 0 bridgehead atoms. The van der Waals surface area contributed by atoms with Crippen molar-refractivity contribution in [3.63, 3.8) is 0 Å². The summed E-state index contributed by atoms with van der Waals surface area (Å²) in [7, 11) is 0. The Bertz CT molecular complexity index is 2140. The summed E-state index contributed by atoms with van der Waals surface area (Å²) in [5.74, 6) is 1.06. The first-order chi connectivity index (χ1) is 25.3. The van der Waals surface area contributed by atoms with Crippen LogP contribution in [0.3, 0.4) is 0 Å². The lowest BCUT2D eigenvalue weighted by Crippen LogP contribution is -2.19. The van der Waals surface area contributed by atoms with Gasteiger partial charge in [0, 0.05) is 47.8 Å². The highest BCUT2D eigenvalue weighted by Gasteiger charge is 2.27. The highest BCUT2D eigenvalue weighted by atomic mass is 16.2. The highest BCUT2D eigenvalue weighted by molar-refractivity contribution is 5.95. The van der Waals surface area contributed by atoms with Crippen molar-refractivity contribution >= 4 is 23.5 Å². The molecular formula is C38H36N12O2. The zero-order valence-corrected chi connectivity index (χ0v) is 28.6. The summed E-state index contributed by atoms with van der Waals surface area (Å²) >= 11 is 0. The average Bonchev–Trinajstić information content (AvgIpc) is 3.94. The SMILES string of the molecule is C[C@@H](C(=O)Nc1cc(C2CC2)[nH]n1)c1ccn(-c2cccc(C#N)c2)n1.C[C@H](C(=O)Nc1cc(C2CC2)[nH]n1)c1ccn(-c2cccc(C#N)c2)n1. The minimum absolute atomic E-state index is 0.158. The third-order valence-electron chi connectivity index (χ3n) is 9.11. The number of hydrogen-bond acceptors (Lipinski definition) is 8. The van der Waals surface area contributed by atoms with Crippen molar-refractivity contribution in [1.82, 2.24) is 40.0 Å². The van der Waals surface area contributed by atoms with Gasteiger partial charge < -0.3 is 10.6 Å². The van der Waals surface area contributed by atoms with E-state index in [1.165, 1.54) is 25.7 Å². The van der Waals surface area contributed by atoms with Crippen LogP contribution in [0.5, 0.6) is 0 Å². The fraction of sp³-hybridized carbons (Fsp3) is 0.263. The third kappa shape index (κ3) is 7.82. The van der Waals surface area contributed by atoms with E-state index in [2.05, 4.69) is 53.4 Å². The Morgan fingerprint density at radius 3 is 1.50 bits per heavy atom. The van der Waals surface area contributed by atoms with Gasteiger partial charge in [-0.25, -0.2) is 9.36 Å². The monoisotopic (exact) mass is 692 g/mol. The van der Waals surface area contributed by atoms with Gasteiger partial charge in [0.1, 0.15) is 0 Å². The van der Waals surface area contributed by atoms with E-state index in [1.807, 2.05) is 50.2 Å². The molecule has 14 nitrogen and oxygen atoms in total. The number of benzene rings is 2. The van der Waals surface area contributed by atoms with Gasteiger partial charge >= 0.3 is 0 Å². The van der Waals surface area contributed by atoms with Gasteiger partial charge in [-0.2, -0.15) is 30.9 Å². The Morgan fingerprint density at radius 1 is 0.692 bits per heavy atom. The van der Waals surface area contributed by atoms with E-state index in [9.17, 15) is 9.59 Å². The molecule has 2 atom stereocenters. The number of nitrogens with zero attached hydrogens (tertiary/aromatic N) is 8. The van der Waals surface area contributed by atoms with Crippen LogP contribution in [-0.2, 0) is 9.59 Å². The minimum Gasteiger partial charge on any atom is -0.309 e. The molecule has 4 N–H and O–H groups in total. The number of carbonyl (C=O) groups excluding carboxylic acids is 2. The summed E-state index contributed by atoms with van der Waals surface area (Å²) in [5.41, 5.74) is 6.16. The summed E-state index contributed by atoms with van der Waals surface area (Å²) < 4.78 is 3.33. The van der Waals surface area contributed by atoms with Crippen LogP contribution in [0.1, 0.15) is 97.1 Å². The Kier molecular flexibility index (Phi) is 9.45. The Hall–Kier alpha value is -6.80. The van der Waals surface area contributed by atoms with Crippen molar-refractivity contribution in [2.45, 2.75) is 63.2 Å². The molecule has 260 valence electrons. The van der Waals surface area contributed by atoms with Crippen molar-refractivity contribution < 1.29 is 9.59 Å². The average molecular weight is 693 g/mol. The molecule has 2 saturated carbocycles. The normalized spacial score (nSPS) is 14.6. The van der Waals surface area contributed by atoms with Crippen LogP contribution in [0.15, 0.2) is 85.2 Å². The molecule has 0 radical (unpaired) electrons. The summed E-state index contributed by atoms with van der Waals surface area (Å²) in [6, 6.07) is 26.0. The number of nitriles is 2. The van der Waals surface area contributed by atoms with E-state index in [0.29, 0.717) is 46.0 Å². The van der Waals surface area contributed by atoms with Crippen molar-refractivity contribution in [1.29, 1.82) is 10.5 Å². The number of aromatic nitrogens is 8. The van der Waals surface area contributed by atoms with Gasteiger partial charge in [-0.1, -0.05) is 12.1 Å². The lowest BCUT2D eigenvalue weighted by atomic mass is 10.1. The van der Waals surface area contributed by atoms with Crippen LogP contribution >= 0.6 is 0 Å². The zero-order valence-electron chi connectivity index (χ0n) is 28.6. The maximum absolute atomic E-state index is 12.5. The van der Waals surface area contributed by atoms with Crippen LogP contribution in [0, 0.1) is 22.7 Å². The Labute approximate surface area is 299 Å². The van der Waals surface area contributed by atoms with E-state index in [4.69, 9.17) is 10.5 Å². The maximum Gasteiger partial charge on any atom is 0.234 e. The largest absolute Gasteiger partial charge is 0.309 e. The number of aromatic amines is 2. The van der Waals surface area contributed by atoms with Gasteiger partial charge in [0.05, 0.1) is 57.9 Å². The molecule has 2 fully saturated rings. The number of nitrogens with one attached hydrogen (secondary N) is 4. The summed E-state index contributed by atoms with van der Waals surface area (Å²) in [5, 5.41) is 46.9. The summed E-state index contributed by atoms with van der Waals surface area (Å²) in [6.45, 7) is 3.62. The number of carbonyl (C=O) groups is 2. The van der Waals surface area contributed by atoms with Crippen LogP contribution < -0.4 is 10.6 Å². The number of amides is 2. The molecule has 2 aliphatic rings. The topological polar surface area (TPSA) is 199 Å². The van der Waals surface area contributed by atoms with E-state index < -0.39 is 11.8 Å². The second kappa shape index (κ2) is 14.6. The minimum atomic E-state index is -0.420. The molecule has 2 aliphatic carbocycles. The molecule has 6 aromatic rings. The fourth-order valence-electron chi connectivity index (χ4n) is 5.61. The van der Waals surface area contributed by atoms with Gasteiger partial charge in [0.25, 0.3) is 0 Å². The Morgan fingerprint density at radius 2 is 1.12 bits per heavy atom. The molecule has 2 amide bonds. The maximum atomic E-state index is 12.5. The smallest absolute Gasteiger partial charge is 0.234 e. The van der Waals surface area contributed by atoms with Gasteiger partial charge in [-0.05, 0) is 88.1 Å². The highest BCUT2D eigenvalue weighted by Crippen LogP contribution is 2.40. The lowest BCUT2D eigenvalue weighted by Gasteiger charge is -2.08. The zero-order chi connectivity index (χ0) is 36.2. The molecule has 4 heterocycles.